The number of thiazole rings is 1. The molecule has 0 amide bonds. The summed E-state index contributed by atoms with van der Waals surface area (Å²) in [6.45, 7) is 5.65. The molecule has 4 aromatic rings. The van der Waals surface area contributed by atoms with Gasteiger partial charge < -0.3 is 23.4 Å². The van der Waals surface area contributed by atoms with Crippen LogP contribution in [0, 0.1) is 0 Å². The first-order valence-electron chi connectivity index (χ1n) is 13.6. The molecule has 0 fully saturated rings. The van der Waals surface area contributed by atoms with Gasteiger partial charge in [-0.1, -0.05) is 23.5 Å². The van der Waals surface area contributed by atoms with Crippen molar-refractivity contribution in [3.8, 4) is 22.8 Å². The molecule has 5 rings (SSSR count). The van der Waals surface area contributed by atoms with Gasteiger partial charge in [0.15, 0.2) is 4.80 Å². The molecule has 0 aliphatic carbocycles. The monoisotopic (exact) mass is 602 g/mol. The quantitative estimate of drug-likeness (QED) is 0.261. The van der Waals surface area contributed by atoms with E-state index >= 15 is 0 Å². The number of hydrogen-bond donors (Lipinski definition) is 0. The second-order valence-electron chi connectivity index (χ2n) is 9.41. The average Bonchev–Trinajstić information content (AvgIpc) is 3.60. The number of nitrogens with zero attached hydrogens (tertiary/aromatic N) is 2. The van der Waals surface area contributed by atoms with Gasteiger partial charge in [-0.25, -0.2) is 14.6 Å². The molecule has 2 aromatic carbocycles. The molecule has 0 radical (unpaired) electrons. The molecule has 10 nitrogen and oxygen atoms in total. The summed E-state index contributed by atoms with van der Waals surface area (Å²) in [5.41, 5.74) is 2.07. The Bertz CT molecular complexity index is 1900. The third-order valence-corrected chi connectivity index (χ3v) is 7.81. The van der Waals surface area contributed by atoms with Crippen LogP contribution in [-0.4, -0.2) is 43.9 Å². The number of carbonyl (C=O) groups is 2. The SMILES string of the molecule is CCOC(=O)C1=C(C)N=c2s/c(=C\c3ccc(-c4ccc(C(=O)OCC)cc4)o3)c(=O)n2C1c1cc(OC)ccc1OC. The van der Waals surface area contributed by atoms with Gasteiger partial charge in [-0.05, 0) is 63.2 Å². The summed E-state index contributed by atoms with van der Waals surface area (Å²) in [7, 11) is 3.06. The summed E-state index contributed by atoms with van der Waals surface area (Å²) in [5, 5.41) is 0. The minimum atomic E-state index is -0.868. The van der Waals surface area contributed by atoms with Crippen LogP contribution in [0.3, 0.4) is 0 Å². The second kappa shape index (κ2) is 12.5. The number of fused-ring (bicyclic) bond motifs is 1. The number of carbonyl (C=O) groups excluding carboxylic acids is 2. The maximum Gasteiger partial charge on any atom is 0.338 e. The second-order valence-corrected chi connectivity index (χ2v) is 10.4. The Labute approximate surface area is 251 Å². The summed E-state index contributed by atoms with van der Waals surface area (Å²) in [6, 6.07) is 14.8. The number of hydrogen-bond acceptors (Lipinski definition) is 10. The van der Waals surface area contributed by atoms with Crippen LogP contribution in [0.15, 0.2) is 80.1 Å². The van der Waals surface area contributed by atoms with Crippen molar-refractivity contribution in [3.05, 3.63) is 102 Å². The molecule has 222 valence electrons. The van der Waals surface area contributed by atoms with Crippen molar-refractivity contribution in [3.63, 3.8) is 0 Å². The lowest BCUT2D eigenvalue weighted by atomic mass is 9.95. The number of ether oxygens (including phenoxy) is 4. The number of benzene rings is 2. The van der Waals surface area contributed by atoms with Gasteiger partial charge in [0.2, 0.25) is 0 Å². The van der Waals surface area contributed by atoms with Crippen molar-refractivity contribution in [2.45, 2.75) is 26.8 Å². The van der Waals surface area contributed by atoms with E-state index in [1.807, 2.05) is 0 Å². The molecule has 0 saturated carbocycles. The number of methoxy groups -OCH3 is 2. The fourth-order valence-corrected chi connectivity index (χ4v) is 5.87. The summed E-state index contributed by atoms with van der Waals surface area (Å²) in [4.78, 5) is 44.2. The summed E-state index contributed by atoms with van der Waals surface area (Å²) < 4.78 is 29.4. The third-order valence-electron chi connectivity index (χ3n) is 6.83. The third kappa shape index (κ3) is 5.76. The number of esters is 2. The highest BCUT2D eigenvalue weighted by molar-refractivity contribution is 7.07. The molecule has 0 spiro atoms. The molecule has 0 saturated heterocycles. The van der Waals surface area contributed by atoms with E-state index in [1.165, 1.54) is 30.1 Å². The topological polar surface area (TPSA) is 119 Å². The first kappa shape index (κ1) is 29.6. The molecule has 2 aromatic heterocycles. The molecule has 1 aliphatic rings. The minimum absolute atomic E-state index is 0.161. The van der Waals surface area contributed by atoms with Crippen molar-refractivity contribution >= 4 is 29.4 Å². The summed E-state index contributed by atoms with van der Waals surface area (Å²) in [5.74, 6) is 1.06. The van der Waals surface area contributed by atoms with Crippen LogP contribution in [0.4, 0.5) is 0 Å². The van der Waals surface area contributed by atoms with Crippen LogP contribution < -0.4 is 24.4 Å². The van der Waals surface area contributed by atoms with E-state index < -0.39 is 18.0 Å². The molecule has 0 N–H and O–H groups in total. The molecule has 11 heteroatoms. The Balaban J connectivity index is 1.60. The Kier molecular flexibility index (Phi) is 8.63. The molecule has 1 aliphatic heterocycles. The zero-order chi connectivity index (χ0) is 30.7. The van der Waals surface area contributed by atoms with E-state index in [1.54, 1.807) is 81.4 Å². The van der Waals surface area contributed by atoms with Gasteiger partial charge in [-0.15, -0.1) is 0 Å². The molecular formula is C32H30N2O8S. The predicted octanol–water partition coefficient (Wildman–Crippen LogP) is 4.25. The number of rotatable bonds is 9. The van der Waals surface area contributed by atoms with Crippen LogP contribution in [0.25, 0.3) is 17.4 Å². The zero-order valence-electron chi connectivity index (χ0n) is 24.3. The first-order valence-corrected chi connectivity index (χ1v) is 14.4. The van der Waals surface area contributed by atoms with Gasteiger partial charge in [0, 0.05) is 17.2 Å². The Morgan fingerprint density at radius 1 is 0.977 bits per heavy atom. The van der Waals surface area contributed by atoms with Gasteiger partial charge in [0.1, 0.15) is 29.1 Å². The predicted molar refractivity (Wildman–Crippen MR) is 160 cm³/mol. The lowest BCUT2D eigenvalue weighted by Gasteiger charge is -2.26. The first-order chi connectivity index (χ1) is 20.8. The number of aromatic nitrogens is 1. The molecule has 1 atom stereocenters. The zero-order valence-corrected chi connectivity index (χ0v) is 25.2. The lowest BCUT2D eigenvalue weighted by molar-refractivity contribution is -0.139. The average molecular weight is 603 g/mol. The molecule has 3 heterocycles. The fraction of sp³-hybridized carbons (Fsp3) is 0.250. The van der Waals surface area contributed by atoms with Crippen LogP contribution in [0.2, 0.25) is 0 Å². The summed E-state index contributed by atoms with van der Waals surface area (Å²) in [6.07, 6.45) is 1.64. The minimum Gasteiger partial charge on any atom is -0.497 e. The van der Waals surface area contributed by atoms with Gasteiger partial charge in [-0.2, -0.15) is 0 Å². The van der Waals surface area contributed by atoms with E-state index in [0.29, 0.717) is 55.8 Å². The molecular weight excluding hydrogens is 572 g/mol. The van der Waals surface area contributed by atoms with Gasteiger partial charge in [0.05, 0.1) is 48.8 Å². The van der Waals surface area contributed by atoms with E-state index in [9.17, 15) is 14.4 Å². The highest BCUT2D eigenvalue weighted by Crippen LogP contribution is 2.37. The Morgan fingerprint density at radius 2 is 1.70 bits per heavy atom. The number of furan rings is 1. The van der Waals surface area contributed by atoms with Crippen LogP contribution in [0.5, 0.6) is 11.5 Å². The molecule has 1 unspecified atom stereocenters. The van der Waals surface area contributed by atoms with Crippen molar-refractivity contribution in [1.29, 1.82) is 0 Å². The Morgan fingerprint density at radius 3 is 2.37 bits per heavy atom. The maximum absolute atomic E-state index is 14.0. The van der Waals surface area contributed by atoms with E-state index in [4.69, 9.17) is 23.4 Å². The number of allylic oxidation sites excluding steroid dienone is 1. The largest absolute Gasteiger partial charge is 0.497 e. The van der Waals surface area contributed by atoms with Crippen LogP contribution in [-0.2, 0) is 14.3 Å². The maximum atomic E-state index is 14.0. The Hall–Kier alpha value is -4.90. The fourth-order valence-electron chi connectivity index (χ4n) is 4.84. The van der Waals surface area contributed by atoms with Crippen molar-refractivity contribution < 1.29 is 33.0 Å². The molecule has 43 heavy (non-hydrogen) atoms. The highest BCUT2D eigenvalue weighted by atomic mass is 32.1. The van der Waals surface area contributed by atoms with Gasteiger partial charge in [-0.3, -0.25) is 9.36 Å². The van der Waals surface area contributed by atoms with Crippen LogP contribution in [0.1, 0.15) is 48.5 Å². The van der Waals surface area contributed by atoms with E-state index in [0.717, 1.165) is 5.56 Å². The normalized spacial score (nSPS) is 14.6. The van der Waals surface area contributed by atoms with Gasteiger partial charge in [0.25, 0.3) is 5.56 Å². The van der Waals surface area contributed by atoms with Crippen molar-refractivity contribution in [2.75, 3.05) is 27.4 Å². The highest BCUT2D eigenvalue weighted by Gasteiger charge is 2.35. The summed E-state index contributed by atoms with van der Waals surface area (Å²) >= 11 is 1.18. The van der Waals surface area contributed by atoms with E-state index in [-0.39, 0.29) is 17.7 Å². The van der Waals surface area contributed by atoms with Crippen LogP contribution >= 0.6 is 11.3 Å². The van der Waals surface area contributed by atoms with E-state index in [2.05, 4.69) is 4.99 Å². The van der Waals surface area contributed by atoms with Gasteiger partial charge >= 0.3 is 11.9 Å². The smallest absolute Gasteiger partial charge is 0.338 e. The molecule has 0 bridgehead atoms. The standard InChI is InChI=1S/C32H30N2O8S/c1-6-40-30(36)20-10-8-19(9-11-20)24-14-13-22(42-24)17-26-29(35)34-28(23-16-21(38-4)12-15-25(23)39-5)27(31(37)41-7-2)18(3)33-32(34)43-26/h8-17,28H,6-7H2,1-5H3/b26-17-. The van der Waals surface area contributed by atoms with Crippen molar-refractivity contribution in [2.24, 2.45) is 4.99 Å². The van der Waals surface area contributed by atoms with Crippen molar-refractivity contribution in [1.82, 2.24) is 4.57 Å². The lowest BCUT2D eigenvalue weighted by Crippen LogP contribution is -2.40.